The third-order valence-electron chi connectivity index (χ3n) is 6.94. The molecule has 0 aliphatic carbocycles. The zero-order chi connectivity index (χ0) is 24.5. The van der Waals surface area contributed by atoms with Crippen LogP contribution < -0.4 is 9.64 Å². The van der Waals surface area contributed by atoms with Gasteiger partial charge < -0.3 is 14.5 Å². The number of benzene rings is 2. The van der Waals surface area contributed by atoms with Crippen LogP contribution in [0.4, 0.5) is 5.69 Å². The number of hydrogen-bond donors (Lipinski definition) is 0. The number of nitrogens with zero attached hydrogens (tertiary/aromatic N) is 5. The van der Waals surface area contributed by atoms with Gasteiger partial charge in [0, 0.05) is 49.7 Å². The number of hydrogen-bond acceptors (Lipinski definition) is 5. The molecule has 3 heterocycles. The molecule has 2 aromatic heterocycles. The molecular formula is C28H31N5O2. The Kier molecular flexibility index (Phi) is 6.16. The Bertz CT molecular complexity index is 1350. The van der Waals surface area contributed by atoms with Gasteiger partial charge in [0.15, 0.2) is 5.65 Å². The molecule has 5 rings (SSSR count). The van der Waals surface area contributed by atoms with Gasteiger partial charge in [-0.05, 0) is 56.2 Å². The first-order valence-corrected chi connectivity index (χ1v) is 12.0. The van der Waals surface area contributed by atoms with Crippen molar-refractivity contribution in [2.24, 2.45) is 0 Å². The minimum Gasteiger partial charge on any atom is -0.497 e. The van der Waals surface area contributed by atoms with E-state index in [1.165, 1.54) is 11.1 Å². The maximum atomic E-state index is 13.4. The van der Waals surface area contributed by atoms with Crippen molar-refractivity contribution in [3.63, 3.8) is 0 Å². The predicted octanol–water partition coefficient (Wildman–Crippen LogP) is 4.22. The molecule has 2 aromatic carbocycles. The smallest absolute Gasteiger partial charge is 0.259 e. The highest BCUT2D eigenvalue weighted by Crippen LogP contribution is 2.24. The van der Waals surface area contributed by atoms with E-state index in [2.05, 4.69) is 60.2 Å². The number of anilines is 1. The number of fused-ring (bicyclic) bond motifs is 1. The van der Waals surface area contributed by atoms with Crippen molar-refractivity contribution in [3.05, 3.63) is 88.4 Å². The van der Waals surface area contributed by atoms with E-state index in [0.717, 1.165) is 47.9 Å². The molecule has 1 saturated heterocycles. The molecule has 1 amide bonds. The first-order valence-electron chi connectivity index (χ1n) is 12.0. The van der Waals surface area contributed by atoms with Gasteiger partial charge in [-0.2, -0.15) is 5.10 Å². The number of methoxy groups -OCH3 is 1. The van der Waals surface area contributed by atoms with Gasteiger partial charge >= 0.3 is 0 Å². The molecule has 0 atom stereocenters. The second kappa shape index (κ2) is 9.41. The molecule has 4 aromatic rings. The Balaban J connectivity index is 1.33. The summed E-state index contributed by atoms with van der Waals surface area (Å²) in [5.74, 6) is 0.836. The molecule has 0 N–H and O–H groups in total. The third-order valence-corrected chi connectivity index (χ3v) is 6.94. The number of piperazine rings is 1. The van der Waals surface area contributed by atoms with E-state index in [-0.39, 0.29) is 5.91 Å². The standard InChI is InChI=1S/C28H31N5O2/c1-19-5-7-22(8-6-19)17-25-20(2)30-27-26(18-29-33(27)21(25)3)28(34)32-15-13-31(14-16-32)23-9-11-24(35-4)12-10-23/h5-12,18H,13-17H2,1-4H3. The highest BCUT2D eigenvalue weighted by Gasteiger charge is 2.26. The van der Waals surface area contributed by atoms with Crippen LogP contribution in [0.15, 0.2) is 54.7 Å². The second-order valence-corrected chi connectivity index (χ2v) is 9.19. The van der Waals surface area contributed by atoms with Crippen LogP contribution in [0.2, 0.25) is 0 Å². The van der Waals surface area contributed by atoms with Crippen molar-refractivity contribution < 1.29 is 9.53 Å². The van der Waals surface area contributed by atoms with Gasteiger partial charge in [0.2, 0.25) is 0 Å². The molecule has 0 radical (unpaired) electrons. The molecular weight excluding hydrogens is 438 g/mol. The van der Waals surface area contributed by atoms with Crippen molar-refractivity contribution >= 4 is 17.2 Å². The summed E-state index contributed by atoms with van der Waals surface area (Å²) < 4.78 is 7.07. The summed E-state index contributed by atoms with van der Waals surface area (Å²) in [4.78, 5) is 22.5. The van der Waals surface area contributed by atoms with Crippen LogP contribution in [0.1, 0.15) is 38.4 Å². The molecule has 0 spiro atoms. The molecule has 180 valence electrons. The van der Waals surface area contributed by atoms with Crippen LogP contribution in [-0.2, 0) is 6.42 Å². The minimum atomic E-state index is -0.00744. The quantitative estimate of drug-likeness (QED) is 0.438. The van der Waals surface area contributed by atoms with Crippen molar-refractivity contribution in [3.8, 4) is 5.75 Å². The third kappa shape index (κ3) is 4.46. The molecule has 0 unspecified atom stereocenters. The lowest BCUT2D eigenvalue weighted by Gasteiger charge is -2.36. The fraction of sp³-hybridized carbons (Fsp3) is 0.321. The highest BCUT2D eigenvalue weighted by atomic mass is 16.5. The van der Waals surface area contributed by atoms with Gasteiger partial charge in [0.05, 0.1) is 13.3 Å². The largest absolute Gasteiger partial charge is 0.497 e. The van der Waals surface area contributed by atoms with Crippen molar-refractivity contribution in [2.45, 2.75) is 27.2 Å². The lowest BCUT2D eigenvalue weighted by atomic mass is 10.0. The summed E-state index contributed by atoms with van der Waals surface area (Å²) in [6, 6.07) is 16.6. The predicted molar refractivity (Wildman–Crippen MR) is 138 cm³/mol. The number of carbonyl (C=O) groups excluding carboxylic acids is 1. The molecule has 1 fully saturated rings. The number of aryl methyl sites for hydroxylation is 3. The van der Waals surface area contributed by atoms with Crippen LogP contribution >= 0.6 is 0 Å². The van der Waals surface area contributed by atoms with E-state index in [1.54, 1.807) is 13.3 Å². The summed E-state index contributed by atoms with van der Waals surface area (Å²) in [5.41, 5.74) is 7.94. The Morgan fingerprint density at radius 1 is 0.943 bits per heavy atom. The monoisotopic (exact) mass is 469 g/mol. The molecule has 0 bridgehead atoms. The van der Waals surface area contributed by atoms with Gasteiger partial charge in [-0.3, -0.25) is 4.79 Å². The summed E-state index contributed by atoms with van der Waals surface area (Å²) in [5, 5.41) is 4.55. The Hall–Kier alpha value is -3.87. The molecule has 35 heavy (non-hydrogen) atoms. The second-order valence-electron chi connectivity index (χ2n) is 9.19. The van der Waals surface area contributed by atoms with Gasteiger partial charge in [0.25, 0.3) is 5.91 Å². The van der Waals surface area contributed by atoms with Crippen molar-refractivity contribution in [1.82, 2.24) is 19.5 Å². The Morgan fingerprint density at radius 3 is 2.29 bits per heavy atom. The normalized spacial score (nSPS) is 13.9. The highest BCUT2D eigenvalue weighted by molar-refractivity contribution is 5.99. The zero-order valence-electron chi connectivity index (χ0n) is 20.8. The van der Waals surface area contributed by atoms with E-state index in [4.69, 9.17) is 9.72 Å². The minimum absolute atomic E-state index is 0.00744. The Morgan fingerprint density at radius 2 is 1.63 bits per heavy atom. The first-order chi connectivity index (χ1) is 16.9. The van der Waals surface area contributed by atoms with Gasteiger partial charge in [-0.15, -0.1) is 0 Å². The van der Waals surface area contributed by atoms with Crippen LogP contribution in [0.3, 0.4) is 0 Å². The van der Waals surface area contributed by atoms with Crippen LogP contribution in [0.25, 0.3) is 5.65 Å². The summed E-state index contributed by atoms with van der Waals surface area (Å²) in [6.45, 7) is 9.05. The summed E-state index contributed by atoms with van der Waals surface area (Å²) in [6.07, 6.45) is 2.46. The number of carbonyl (C=O) groups is 1. The maximum Gasteiger partial charge on any atom is 0.259 e. The molecule has 7 heteroatoms. The fourth-order valence-electron chi connectivity index (χ4n) is 4.76. The Labute approximate surface area is 206 Å². The van der Waals surface area contributed by atoms with Crippen LogP contribution in [0.5, 0.6) is 5.75 Å². The number of amides is 1. The molecule has 7 nitrogen and oxygen atoms in total. The average Bonchev–Trinajstić information content (AvgIpc) is 3.31. The molecule has 1 aliphatic heterocycles. The van der Waals surface area contributed by atoms with Crippen LogP contribution in [-0.4, -0.2) is 58.7 Å². The van der Waals surface area contributed by atoms with E-state index in [9.17, 15) is 4.79 Å². The summed E-state index contributed by atoms with van der Waals surface area (Å²) in [7, 11) is 1.67. The topological polar surface area (TPSA) is 63.0 Å². The van der Waals surface area contributed by atoms with E-state index < -0.39 is 0 Å². The number of aromatic nitrogens is 3. The van der Waals surface area contributed by atoms with E-state index >= 15 is 0 Å². The van der Waals surface area contributed by atoms with E-state index in [1.807, 2.05) is 28.5 Å². The SMILES string of the molecule is COc1ccc(N2CCN(C(=O)c3cnn4c(C)c(Cc5ccc(C)cc5)c(C)nc34)CC2)cc1. The number of ether oxygens (including phenoxy) is 1. The van der Waals surface area contributed by atoms with E-state index in [0.29, 0.717) is 24.3 Å². The van der Waals surface area contributed by atoms with Crippen molar-refractivity contribution in [1.29, 1.82) is 0 Å². The van der Waals surface area contributed by atoms with Crippen molar-refractivity contribution in [2.75, 3.05) is 38.2 Å². The maximum absolute atomic E-state index is 13.4. The summed E-state index contributed by atoms with van der Waals surface area (Å²) >= 11 is 0. The average molecular weight is 470 g/mol. The molecule has 1 aliphatic rings. The fourth-order valence-corrected chi connectivity index (χ4v) is 4.76. The van der Waals surface area contributed by atoms with Gasteiger partial charge in [-0.1, -0.05) is 29.8 Å². The van der Waals surface area contributed by atoms with Crippen LogP contribution in [0, 0.1) is 20.8 Å². The van der Waals surface area contributed by atoms with Gasteiger partial charge in [0.1, 0.15) is 11.3 Å². The van der Waals surface area contributed by atoms with Gasteiger partial charge in [-0.25, -0.2) is 9.50 Å². The first kappa shape index (κ1) is 22.9. The molecule has 0 saturated carbocycles. The lowest BCUT2D eigenvalue weighted by molar-refractivity contribution is 0.0748. The number of rotatable bonds is 5. The lowest BCUT2D eigenvalue weighted by Crippen LogP contribution is -2.48. The zero-order valence-corrected chi connectivity index (χ0v) is 20.8.